The number of primary amides is 2. The second-order valence-electron chi connectivity index (χ2n) is 16.5. The number of carbonyl (C=O) groups is 12. The first kappa shape index (κ1) is 59.3. The number of nitrogens with two attached hydrogens (primary N) is 3. The largest absolute Gasteiger partial charge is 0.481 e. The zero-order chi connectivity index (χ0) is 51.0. The zero-order valence-electron chi connectivity index (χ0n) is 38.1. The fourth-order valence-electron chi connectivity index (χ4n) is 6.47. The summed E-state index contributed by atoms with van der Waals surface area (Å²) in [4.78, 5) is 159. The lowest BCUT2D eigenvalue weighted by Crippen LogP contribution is -2.61. The van der Waals surface area contributed by atoms with Gasteiger partial charge in [-0.3, -0.25) is 57.5 Å². The summed E-state index contributed by atoms with van der Waals surface area (Å²) in [5, 5.41) is 31.3. The van der Waals surface area contributed by atoms with Gasteiger partial charge in [0.1, 0.15) is 48.3 Å². The van der Waals surface area contributed by atoms with Crippen molar-refractivity contribution in [2.24, 2.45) is 29.0 Å². The maximum Gasteiger partial charge on any atom is 0.303 e. The standard InChI is InChI=1S/C40H68N12O13S2/c1-5-20(4)32-40(65)48-22(9-11-28(42)53)35(60)46-21(8-6-7-13-41)34(59)49-25(15-29(43)54)37(62)47-23(10-12-31(56)57)36(61)51-27(18-67)39(64)50-26(17-66)33(58)44-16-30(55)45-24(14-19(2)3)38(63)52-32/h19-27,32,66-67H,5-18,41H2,1-4H3,(H2,42,53)(H2,43,54)(H,44,58)(H,45,55)(H,46,60)(H,47,62)(H,48,65)(H,49,59)(H,50,64)(H,51,61)(H,52,63)(H,56,57)/t20-,21-,22-,23-,24-,25-,26-,27-,32-/m0/s1. The monoisotopic (exact) mass is 988 g/mol. The summed E-state index contributed by atoms with van der Waals surface area (Å²) in [7, 11) is 0. The van der Waals surface area contributed by atoms with E-state index in [1.54, 1.807) is 27.7 Å². The van der Waals surface area contributed by atoms with E-state index in [9.17, 15) is 62.6 Å². The number of amides is 11. The maximum atomic E-state index is 14.0. The van der Waals surface area contributed by atoms with E-state index in [4.69, 9.17) is 17.2 Å². The Balaban J connectivity index is 3.94. The normalized spacial score (nSPS) is 25.3. The van der Waals surface area contributed by atoms with Gasteiger partial charge in [0, 0.05) is 24.3 Å². The van der Waals surface area contributed by atoms with Gasteiger partial charge in [0.15, 0.2) is 0 Å². The molecule has 0 radical (unpaired) electrons. The second-order valence-corrected chi connectivity index (χ2v) is 17.2. The summed E-state index contributed by atoms with van der Waals surface area (Å²) >= 11 is 8.23. The number of carboxylic acids is 1. The van der Waals surface area contributed by atoms with Crippen molar-refractivity contribution in [3.8, 4) is 0 Å². The lowest BCUT2D eigenvalue weighted by atomic mass is 9.96. The van der Waals surface area contributed by atoms with Crippen LogP contribution in [-0.4, -0.2) is 149 Å². The molecule has 67 heavy (non-hydrogen) atoms. The van der Waals surface area contributed by atoms with Crippen molar-refractivity contribution in [2.75, 3.05) is 24.6 Å². The molecule has 16 N–H and O–H groups in total. The van der Waals surface area contributed by atoms with E-state index in [2.05, 4.69) is 73.1 Å². The molecular weight excluding hydrogens is 921 g/mol. The third kappa shape index (κ3) is 22.1. The van der Waals surface area contributed by atoms with E-state index in [0.717, 1.165) is 0 Å². The molecular formula is C40H68N12O13S2. The van der Waals surface area contributed by atoms with Crippen molar-refractivity contribution in [1.29, 1.82) is 0 Å². The number of carbonyl (C=O) groups excluding carboxylic acids is 11. The van der Waals surface area contributed by atoms with Gasteiger partial charge in [0.25, 0.3) is 0 Å². The van der Waals surface area contributed by atoms with Gasteiger partial charge in [-0.15, -0.1) is 0 Å². The van der Waals surface area contributed by atoms with E-state index in [1.165, 1.54) is 0 Å². The molecule has 11 amide bonds. The van der Waals surface area contributed by atoms with Crippen LogP contribution in [0.4, 0.5) is 0 Å². The van der Waals surface area contributed by atoms with Gasteiger partial charge < -0.3 is 70.2 Å². The Morgan fingerprint density at radius 2 is 1.03 bits per heavy atom. The van der Waals surface area contributed by atoms with Crippen molar-refractivity contribution in [2.45, 2.75) is 140 Å². The summed E-state index contributed by atoms with van der Waals surface area (Å²) < 4.78 is 0. The van der Waals surface area contributed by atoms with Gasteiger partial charge >= 0.3 is 5.97 Å². The van der Waals surface area contributed by atoms with Crippen LogP contribution in [0, 0.1) is 11.8 Å². The van der Waals surface area contributed by atoms with E-state index in [1.807, 2.05) is 0 Å². The van der Waals surface area contributed by atoms with Crippen LogP contribution < -0.4 is 65.1 Å². The predicted molar refractivity (Wildman–Crippen MR) is 247 cm³/mol. The smallest absolute Gasteiger partial charge is 0.303 e. The first-order valence-electron chi connectivity index (χ1n) is 21.9. The topological polar surface area (TPSA) is 411 Å². The quantitative estimate of drug-likeness (QED) is 0.0452. The molecule has 0 saturated carbocycles. The lowest BCUT2D eigenvalue weighted by Gasteiger charge is -2.29. The summed E-state index contributed by atoms with van der Waals surface area (Å²) in [5.74, 6) is -13.5. The Hall–Kier alpha value is -5.70. The lowest BCUT2D eigenvalue weighted by molar-refractivity contribution is -0.138. The molecule has 1 rings (SSSR count). The molecule has 0 aromatic carbocycles. The Labute approximate surface area is 399 Å². The summed E-state index contributed by atoms with van der Waals surface area (Å²) in [6, 6.07) is -12.1. The molecule has 0 unspecified atom stereocenters. The number of hydrogen-bond donors (Lipinski definition) is 15. The molecule has 1 heterocycles. The second kappa shape index (κ2) is 30.6. The Morgan fingerprint density at radius 3 is 1.51 bits per heavy atom. The Kier molecular flexibility index (Phi) is 27.1. The minimum atomic E-state index is -1.83. The molecule has 0 aromatic rings. The third-order valence-corrected chi connectivity index (χ3v) is 11.1. The van der Waals surface area contributed by atoms with Gasteiger partial charge in [-0.1, -0.05) is 34.1 Å². The van der Waals surface area contributed by atoms with Gasteiger partial charge in [-0.2, -0.15) is 25.3 Å². The highest BCUT2D eigenvalue weighted by Gasteiger charge is 2.36. The van der Waals surface area contributed by atoms with Crippen LogP contribution in [0.3, 0.4) is 0 Å². The van der Waals surface area contributed by atoms with Crippen LogP contribution in [0.5, 0.6) is 0 Å². The van der Waals surface area contributed by atoms with Crippen LogP contribution in [0.2, 0.25) is 0 Å². The number of thiol groups is 2. The van der Waals surface area contributed by atoms with Crippen LogP contribution in [0.15, 0.2) is 0 Å². The van der Waals surface area contributed by atoms with Crippen LogP contribution >= 0.6 is 25.3 Å². The SMILES string of the molecule is CC[C@H](C)[C@@H]1NC(=O)[C@H](CC(C)C)NC(=O)CNC(=O)[C@H](CS)NC(=O)[C@H](CS)NC(=O)[C@H](CCC(=O)O)NC(=O)[C@H](CC(N)=O)NC(=O)[C@H](CCCCN)NC(=O)[C@H](CCC(N)=O)NC1=O. The molecule has 0 aliphatic carbocycles. The first-order valence-corrected chi connectivity index (χ1v) is 23.1. The van der Waals surface area contributed by atoms with Gasteiger partial charge in [0.05, 0.1) is 13.0 Å². The molecule has 0 aromatic heterocycles. The zero-order valence-corrected chi connectivity index (χ0v) is 39.9. The van der Waals surface area contributed by atoms with E-state index < -0.39 is 157 Å². The molecule has 1 fully saturated rings. The maximum absolute atomic E-state index is 14.0. The Bertz CT molecular complexity index is 1790. The fraction of sp³-hybridized carbons (Fsp3) is 0.700. The highest BCUT2D eigenvalue weighted by atomic mass is 32.1. The highest BCUT2D eigenvalue weighted by Crippen LogP contribution is 2.13. The van der Waals surface area contributed by atoms with Crippen LogP contribution in [0.1, 0.15) is 91.9 Å². The van der Waals surface area contributed by atoms with Crippen molar-refractivity contribution in [3.63, 3.8) is 0 Å². The molecule has 1 aliphatic rings. The van der Waals surface area contributed by atoms with Crippen molar-refractivity contribution >= 4 is 96.2 Å². The van der Waals surface area contributed by atoms with Crippen molar-refractivity contribution < 1.29 is 62.6 Å². The van der Waals surface area contributed by atoms with Gasteiger partial charge in [-0.25, -0.2) is 0 Å². The molecule has 27 heteroatoms. The van der Waals surface area contributed by atoms with E-state index in [-0.39, 0.29) is 49.7 Å². The molecule has 9 atom stereocenters. The van der Waals surface area contributed by atoms with Crippen LogP contribution in [0.25, 0.3) is 0 Å². The number of hydrogen-bond acceptors (Lipinski definition) is 15. The number of nitrogens with one attached hydrogen (secondary N) is 9. The van der Waals surface area contributed by atoms with Crippen molar-refractivity contribution in [3.05, 3.63) is 0 Å². The molecule has 378 valence electrons. The highest BCUT2D eigenvalue weighted by molar-refractivity contribution is 7.80. The number of unbranched alkanes of at least 4 members (excludes halogenated alkanes) is 1. The first-order chi connectivity index (χ1) is 31.5. The molecule has 25 nitrogen and oxygen atoms in total. The van der Waals surface area contributed by atoms with Crippen LogP contribution in [-0.2, 0) is 57.5 Å². The molecule has 1 saturated heterocycles. The molecule has 1 aliphatic heterocycles. The minimum absolute atomic E-state index is 0.0718. The molecule has 0 bridgehead atoms. The Morgan fingerprint density at radius 1 is 0.582 bits per heavy atom. The number of carboxylic acid groups (broad SMARTS) is 1. The fourth-order valence-corrected chi connectivity index (χ4v) is 6.98. The molecule has 0 spiro atoms. The summed E-state index contributed by atoms with van der Waals surface area (Å²) in [6.45, 7) is 6.40. The average molecular weight is 989 g/mol. The average Bonchev–Trinajstić information content (AvgIpc) is 3.25. The van der Waals surface area contributed by atoms with Gasteiger partial charge in [-0.05, 0) is 56.9 Å². The van der Waals surface area contributed by atoms with Gasteiger partial charge in [0.2, 0.25) is 65.0 Å². The van der Waals surface area contributed by atoms with E-state index in [0.29, 0.717) is 12.8 Å². The summed E-state index contributed by atoms with van der Waals surface area (Å²) in [5.41, 5.74) is 16.5. The number of rotatable bonds is 18. The van der Waals surface area contributed by atoms with E-state index >= 15 is 0 Å². The number of aliphatic carboxylic acids is 1. The predicted octanol–water partition coefficient (Wildman–Crippen LogP) is -4.92. The van der Waals surface area contributed by atoms with Crippen molar-refractivity contribution in [1.82, 2.24) is 47.9 Å². The third-order valence-electron chi connectivity index (χ3n) is 10.4. The minimum Gasteiger partial charge on any atom is -0.481 e. The summed E-state index contributed by atoms with van der Waals surface area (Å²) in [6.07, 6.45) is -2.05.